The third-order valence-electron chi connectivity index (χ3n) is 5.92. The van der Waals surface area contributed by atoms with Gasteiger partial charge in [-0.2, -0.15) is 0 Å². The van der Waals surface area contributed by atoms with Crippen LogP contribution < -0.4 is 20.5 Å². The van der Waals surface area contributed by atoms with Gasteiger partial charge in [0.25, 0.3) is 5.91 Å². The lowest BCUT2D eigenvalue weighted by Crippen LogP contribution is -2.32. The molecule has 5 rings (SSSR count). The summed E-state index contributed by atoms with van der Waals surface area (Å²) in [5.41, 5.74) is 11.5. The summed E-state index contributed by atoms with van der Waals surface area (Å²) < 4.78 is 11.0. The van der Waals surface area contributed by atoms with E-state index in [4.69, 9.17) is 15.2 Å². The minimum atomic E-state index is -0.196. The van der Waals surface area contributed by atoms with Gasteiger partial charge in [0.1, 0.15) is 0 Å². The fourth-order valence-electron chi connectivity index (χ4n) is 4.14. The maximum Gasteiger partial charge on any atom is 0.257 e. The number of ether oxygens (including phenoxy) is 2. The number of carbonyl (C=O) groups excluding carboxylic acids is 1. The average Bonchev–Trinajstić information content (AvgIpc) is 3.24. The molecule has 0 unspecified atom stereocenters. The zero-order valence-electron chi connectivity index (χ0n) is 17.3. The summed E-state index contributed by atoms with van der Waals surface area (Å²) in [6.07, 6.45) is 1.99. The van der Waals surface area contributed by atoms with Crippen molar-refractivity contribution in [3.05, 3.63) is 82.9 Å². The van der Waals surface area contributed by atoms with Crippen LogP contribution in [0.5, 0.6) is 11.5 Å². The molecule has 3 aromatic rings. The molecule has 0 saturated heterocycles. The number of nitrogen functional groups attached to an aromatic ring is 1. The standard InChI is InChI=1S/C25H25N3O3/c26-22-4-2-1-3-21(22)25(29)27-20-7-5-17(6-8-20)9-11-28-12-10-18-13-23-24(31-16-30-23)14-19(18)15-28/h1-8,13-14H,9-12,15-16,26H2,(H,27,29). The molecule has 2 aliphatic rings. The molecular weight excluding hydrogens is 390 g/mol. The van der Waals surface area contributed by atoms with Gasteiger partial charge in [-0.15, -0.1) is 0 Å². The maximum absolute atomic E-state index is 12.4. The van der Waals surface area contributed by atoms with Crippen molar-refractivity contribution in [2.45, 2.75) is 19.4 Å². The summed E-state index contributed by atoms with van der Waals surface area (Å²) in [5, 5.41) is 2.91. The Balaban J connectivity index is 1.16. The number of anilines is 2. The van der Waals surface area contributed by atoms with E-state index in [2.05, 4.69) is 34.5 Å². The van der Waals surface area contributed by atoms with Gasteiger partial charge < -0.3 is 20.5 Å². The summed E-state index contributed by atoms with van der Waals surface area (Å²) in [6.45, 7) is 3.27. The highest BCUT2D eigenvalue weighted by molar-refractivity contribution is 6.07. The van der Waals surface area contributed by atoms with Gasteiger partial charge in [0.2, 0.25) is 6.79 Å². The fourth-order valence-corrected chi connectivity index (χ4v) is 4.14. The van der Waals surface area contributed by atoms with E-state index in [9.17, 15) is 4.79 Å². The third kappa shape index (κ3) is 4.20. The number of hydrogen-bond donors (Lipinski definition) is 2. The molecule has 3 N–H and O–H groups in total. The summed E-state index contributed by atoms with van der Waals surface area (Å²) in [4.78, 5) is 14.9. The molecule has 6 nitrogen and oxygen atoms in total. The average molecular weight is 415 g/mol. The number of nitrogens with zero attached hydrogens (tertiary/aromatic N) is 1. The molecule has 3 aromatic carbocycles. The van der Waals surface area contributed by atoms with Crippen molar-refractivity contribution in [3.63, 3.8) is 0 Å². The van der Waals surface area contributed by atoms with E-state index in [0.29, 0.717) is 18.0 Å². The molecule has 2 aliphatic heterocycles. The summed E-state index contributed by atoms with van der Waals surface area (Å²) in [7, 11) is 0. The van der Waals surface area contributed by atoms with E-state index in [1.807, 2.05) is 24.3 Å². The van der Waals surface area contributed by atoms with Gasteiger partial charge in [-0.05, 0) is 65.9 Å². The molecule has 158 valence electrons. The minimum Gasteiger partial charge on any atom is -0.454 e. The van der Waals surface area contributed by atoms with Gasteiger partial charge in [-0.25, -0.2) is 0 Å². The number of fused-ring (bicyclic) bond motifs is 2. The Kier molecular flexibility index (Phi) is 5.22. The monoisotopic (exact) mass is 415 g/mol. The Hall–Kier alpha value is -3.51. The van der Waals surface area contributed by atoms with Crippen molar-refractivity contribution in [3.8, 4) is 11.5 Å². The zero-order valence-corrected chi connectivity index (χ0v) is 17.3. The zero-order chi connectivity index (χ0) is 21.2. The van der Waals surface area contributed by atoms with Crippen LogP contribution in [0.15, 0.2) is 60.7 Å². The van der Waals surface area contributed by atoms with Crippen molar-refractivity contribution in [2.24, 2.45) is 0 Å². The van der Waals surface area contributed by atoms with Gasteiger partial charge >= 0.3 is 0 Å². The lowest BCUT2D eigenvalue weighted by atomic mass is 9.98. The van der Waals surface area contributed by atoms with Crippen molar-refractivity contribution < 1.29 is 14.3 Å². The van der Waals surface area contributed by atoms with E-state index in [1.54, 1.807) is 12.1 Å². The minimum absolute atomic E-state index is 0.196. The molecule has 0 fully saturated rings. The van der Waals surface area contributed by atoms with Crippen LogP contribution in [0.3, 0.4) is 0 Å². The van der Waals surface area contributed by atoms with E-state index in [0.717, 1.165) is 49.7 Å². The fraction of sp³-hybridized carbons (Fsp3) is 0.240. The lowest BCUT2D eigenvalue weighted by Gasteiger charge is -2.29. The van der Waals surface area contributed by atoms with Crippen molar-refractivity contribution >= 4 is 17.3 Å². The van der Waals surface area contributed by atoms with Crippen LogP contribution in [0.4, 0.5) is 11.4 Å². The normalized spacial score (nSPS) is 14.8. The first-order valence-corrected chi connectivity index (χ1v) is 10.5. The van der Waals surface area contributed by atoms with Crippen molar-refractivity contribution in [1.29, 1.82) is 0 Å². The molecule has 0 spiro atoms. The topological polar surface area (TPSA) is 76.8 Å². The van der Waals surface area contributed by atoms with E-state index >= 15 is 0 Å². The quantitative estimate of drug-likeness (QED) is 0.619. The largest absolute Gasteiger partial charge is 0.454 e. The van der Waals surface area contributed by atoms with Crippen molar-refractivity contribution in [2.75, 3.05) is 30.9 Å². The second-order valence-corrected chi connectivity index (χ2v) is 7.99. The predicted octanol–water partition coefficient (Wildman–Crippen LogP) is 3.85. The Morgan fingerprint density at radius 1 is 1.00 bits per heavy atom. The molecule has 0 aromatic heterocycles. The number of nitrogens with one attached hydrogen (secondary N) is 1. The second kappa shape index (κ2) is 8.32. The molecular formula is C25H25N3O3. The Morgan fingerprint density at radius 2 is 1.74 bits per heavy atom. The smallest absolute Gasteiger partial charge is 0.257 e. The second-order valence-electron chi connectivity index (χ2n) is 7.99. The number of amides is 1. The SMILES string of the molecule is Nc1ccccc1C(=O)Nc1ccc(CCN2CCc3cc4c(cc3C2)OCO4)cc1. The first kappa shape index (κ1) is 19.5. The Bertz CT molecular complexity index is 1110. The molecule has 0 atom stereocenters. The molecule has 6 heteroatoms. The van der Waals surface area contributed by atoms with Gasteiger partial charge in [0, 0.05) is 31.0 Å². The molecule has 31 heavy (non-hydrogen) atoms. The molecule has 0 aliphatic carbocycles. The number of carbonyl (C=O) groups is 1. The van der Waals surface area contributed by atoms with Gasteiger partial charge in [-0.1, -0.05) is 24.3 Å². The van der Waals surface area contributed by atoms with Crippen LogP contribution in [-0.4, -0.2) is 30.7 Å². The van der Waals surface area contributed by atoms with Gasteiger partial charge in [0.15, 0.2) is 11.5 Å². The summed E-state index contributed by atoms with van der Waals surface area (Å²) in [6, 6.07) is 19.4. The van der Waals surface area contributed by atoms with Crippen LogP contribution in [-0.2, 0) is 19.4 Å². The van der Waals surface area contributed by atoms with Gasteiger partial charge in [0.05, 0.1) is 5.56 Å². The number of hydrogen-bond acceptors (Lipinski definition) is 5. The highest BCUT2D eigenvalue weighted by Gasteiger charge is 2.22. The Labute approximate surface area is 181 Å². The molecule has 1 amide bonds. The van der Waals surface area contributed by atoms with Crippen molar-refractivity contribution in [1.82, 2.24) is 4.90 Å². The predicted molar refractivity (Wildman–Crippen MR) is 120 cm³/mol. The van der Waals surface area contributed by atoms with Gasteiger partial charge in [-0.3, -0.25) is 9.69 Å². The highest BCUT2D eigenvalue weighted by atomic mass is 16.7. The van der Waals surface area contributed by atoms with Crippen LogP contribution >= 0.6 is 0 Å². The molecule has 0 saturated carbocycles. The first-order valence-electron chi connectivity index (χ1n) is 10.5. The van der Waals surface area contributed by atoms with Crippen LogP contribution in [0, 0.1) is 0 Å². The maximum atomic E-state index is 12.4. The summed E-state index contributed by atoms with van der Waals surface area (Å²) >= 11 is 0. The van der Waals surface area contributed by atoms with Crippen LogP contribution in [0.25, 0.3) is 0 Å². The number of nitrogens with two attached hydrogens (primary N) is 1. The first-order chi connectivity index (χ1) is 15.2. The van der Waals surface area contributed by atoms with Crippen LogP contribution in [0.2, 0.25) is 0 Å². The lowest BCUT2D eigenvalue weighted by molar-refractivity contribution is 0.102. The number of rotatable bonds is 5. The third-order valence-corrected chi connectivity index (χ3v) is 5.92. The molecule has 0 bridgehead atoms. The highest BCUT2D eigenvalue weighted by Crippen LogP contribution is 2.36. The summed E-state index contributed by atoms with van der Waals surface area (Å²) in [5.74, 6) is 1.53. The number of para-hydroxylation sites is 1. The van der Waals surface area contributed by atoms with E-state index in [-0.39, 0.29) is 5.91 Å². The molecule has 0 radical (unpaired) electrons. The Morgan fingerprint density at radius 3 is 2.52 bits per heavy atom. The van der Waals surface area contributed by atoms with E-state index < -0.39 is 0 Å². The van der Waals surface area contributed by atoms with E-state index in [1.165, 1.54) is 16.7 Å². The van der Waals surface area contributed by atoms with Crippen LogP contribution in [0.1, 0.15) is 27.0 Å². The molecule has 2 heterocycles. The number of benzene rings is 3.